The van der Waals surface area contributed by atoms with Crippen LogP contribution < -0.4 is 5.32 Å². The van der Waals surface area contributed by atoms with E-state index in [0.29, 0.717) is 5.82 Å². The van der Waals surface area contributed by atoms with E-state index < -0.39 is 0 Å². The van der Waals surface area contributed by atoms with Crippen molar-refractivity contribution >= 4 is 34.0 Å². The summed E-state index contributed by atoms with van der Waals surface area (Å²) in [6, 6.07) is 14.2. The van der Waals surface area contributed by atoms with Gasteiger partial charge in [-0.05, 0) is 67.6 Å². The quantitative estimate of drug-likeness (QED) is 0.417. The first-order chi connectivity index (χ1) is 14.7. The standard InChI is InChI=1S/C23H22ClN5O/c1-15-5-10-20-19(12-15)22(28-23(24)27-20)26-18-8-6-16(7-9-18)17-13-25-29(14-17)21-4-2-3-11-30-21/h5-10,12-14,21H,2-4,11H2,1H3,(H,26,27,28). The predicted molar refractivity (Wildman–Crippen MR) is 119 cm³/mol. The van der Waals surface area contributed by atoms with Crippen molar-refractivity contribution in [3.05, 3.63) is 65.7 Å². The van der Waals surface area contributed by atoms with Crippen LogP contribution in [-0.4, -0.2) is 26.4 Å². The Morgan fingerprint density at radius 1 is 1.07 bits per heavy atom. The lowest BCUT2D eigenvalue weighted by Crippen LogP contribution is -2.18. The minimum atomic E-state index is 0.0488. The van der Waals surface area contributed by atoms with Crippen LogP contribution in [0.4, 0.5) is 11.5 Å². The number of halogens is 1. The first-order valence-corrected chi connectivity index (χ1v) is 10.5. The van der Waals surface area contributed by atoms with Gasteiger partial charge in [-0.2, -0.15) is 10.1 Å². The molecule has 0 spiro atoms. The molecule has 1 saturated heterocycles. The van der Waals surface area contributed by atoms with E-state index in [1.807, 2.05) is 42.1 Å². The van der Waals surface area contributed by atoms with E-state index in [2.05, 4.69) is 44.8 Å². The van der Waals surface area contributed by atoms with Crippen LogP contribution in [0.3, 0.4) is 0 Å². The SMILES string of the molecule is Cc1ccc2nc(Cl)nc(Nc3ccc(-c4cnn(C5CCCCO5)c4)cc3)c2c1. The molecule has 6 nitrogen and oxygen atoms in total. The molecule has 0 bridgehead atoms. The second-order valence-electron chi connectivity index (χ2n) is 7.59. The van der Waals surface area contributed by atoms with Gasteiger partial charge in [-0.3, -0.25) is 0 Å². The van der Waals surface area contributed by atoms with Gasteiger partial charge in [0.05, 0.1) is 11.7 Å². The van der Waals surface area contributed by atoms with Crippen molar-refractivity contribution in [2.45, 2.75) is 32.4 Å². The highest BCUT2D eigenvalue weighted by Crippen LogP contribution is 2.29. The molecule has 30 heavy (non-hydrogen) atoms. The summed E-state index contributed by atoms with van der Waals surface area (Å²) in [6.07, 6.45) is 7.32. The summed E-state index contributed by atoms with van der Waals surface area (Å²) < 4.78 is 7.75. The molecular weight excluding hydrogens is 398 g/mol. The monoisotopic (exact) mass is 419 g/mol. The fourth-order valence-electron chi connectivity index (χ4n) is 3.77. The summed E-state index contributed by atoms with van der Waals surface area (Å²) in [5.41, 5.74) is 5.06. The molecule has 0 radical (unpaired) electrons. The summed E-state index contributed by atoms with van der Waals surface area (Å²) in [7, 11) is 0. The average molecular weight is 420 g/mol. The van der Waals surface area contributed by atoms with E-state index in [1.54, 1.807) is 0 Å². The van der Waals surface area contributed by atoms with Gasteiger partial charge in [0.25, 0.3) is 0 Å². The van der Waals surface area contributed by atoms with Crippen LogP contribution in [0.2, 0.25) is 5.28 Å². The Kier molecular flexibility index (Phi) is 5.11. The molecule has 152 valence electrons. The average Bonchev–Trinajstić information content (AvgIpc) is 3.26. The highest BCUT2D eigenvalue weighted by Gasteiger charge is 2.16. The lowest BCUT2D eigenvalue weighted by atomic mass is 10.1. The molecule has 1 N–H and O–H groups in total. The van der Waals surface area contributed by atoms with Gasteiger partial charge < -0.3 is 10.1 Å². The first-order valence-electron chi connectivity index (χ1n) is 10.1. The highest BCUT2D eigenvalue weighted by atomic mass is 35.5. The second kappa shape index (κ2) is 8.05. The molecule has 1 fully saturated rings. The molecule has 0 aliphatic carbocycles. The molecule has 0 amide bonds. The Hall–Kier alpha value is -2.96. The van der Waals surface area contributed by atoms with Crippen LogP contribution in [-0.2, 0) is 4.74 Å². The van der Waals surface area contributed by atoms with Gasteiger partial charge in [0.1, 0.15) is 12.0 Å². The Bertz CT molecular complexity index is 1180. The Balaban J connectivity index is 1.38. The third kappa shape index (κ3) is 3.88. The van der Waals surface area contributed by atoms with Crippen LogP contribution in [0.15, 0.2) is 54.9 Å². The molecule has 2 aromatic heterocycles. The van der Waals surface area contributed by atoms with Gasteiger partial charge in [-0.25, -0.2) is 9.67 Å². The predicted octanol–water partition coefficient (Wildman–Crippen LogP) is 5.90. The number of anilines is 2. The third-order valence-corrected chi connectivity index (χ3v) is 5.53. The highest BCUT2D eigenvalue weighted by molar-refractivity contribution is 6.28. The van der Waals surface area contributed by atoms with Crippen LogP contribution in [0.25, 0.3) is 22.0 Å². The van der Waals surface area contributed by atoms with E-state index in [-0.39, 0.29) is 11.5 Å². The van der Waals surface area contributed by atoms with Gasteiger partial charge in [0, 0.05) is 29.4 Å². The zero-order chi connectivity index (χ0) is 20.5. The van der Waals surface area contributed by atoms with Gasteiger partial charge in [-0.15, -0.1) is 0 Å². The van der Waals surface area contributed by atoms with Crippen molar-refractivity contribution in [2.24, 2.45) is 0 Å². The minimum absolute atomic E-state index is 0.0488. The van der Waals surface area contributed by atoms with Crippen molar-refractivity contribution < 1.29 is 4.74 Å². The maximum atomic E-state index is 6.12. The normalized spacial score (nSPS) is 16.7. The number of fused-ring (bicyclic) bond motifs is 1. The molecule has 1 atom stereocenters. The van der Waals surface area contributed by atoms with Crippen LogP contribution in [0.5, 0.6) is 0 Å². The van der Waals surface area contributed by atoms with Crippen molar-refractivity contribution in [3.8, 4) is 11.1 Å². The number of rotatable bonds is 4. The summed E-state index contributed by atoms with van der Waals surface area (Å²) in [5.74, 6) is 0.698. The smallest absolute Gasteiger partial charge is 0.224 e. The number of nitrogens with one attached hydrogen (secondary N) is 1. The zero-order valence-electron chi connectivity index (χ0n) is 16.7. The minimum Gasteiger partial charge on any atom is -0.357 e. The number of nitrogens with zero attached hydrogens (tertiary/aromatic N) is 4. The van der Waals surface area contributed by atoms with Crippen LogP contribution in [0, 0.1) is 6.92 Å². The summed E-state index contributed by atoms with van der Waals surface area (Å²) >= 11 is 6.12. The lowest BCUT2D eigenvalue weighted by molar-refractivity contribution is -0.0394. The van der Waals surface area contributed by atoms with Crippen LogP contribution in [0.1, 0.15) is 31.1 Å². The van der Waals surface area contributed by atoms with E-state index in [1.165, 1.54) is 6.42 Å². The third-order valence-electron chi connectivity index (χ3n) is 5.36. The summed E-state index contributed by atoms with van der Waals surface area (Å²) in [6.45, 7) is 2.85. The molecule has 3 heterocycles. The van der Waals surface area contributed by atoms with Crippen LogP contribution >= 0.6 is 11.6 Å². The van der Waals surface area contributed by atoms with Crippen molar-refractivity contribution in [3.63, 3.8) is 0 Å². The number of hydrogen-bond acceptors (Lipinski definition) is 5. The van der Waals surface area contributed by atoms with E-state index in [9.17, 15) is 0 Å². The molecule has 1 unspecified atom stereocenters. The molecule has 4 aromatic rings. The van der Waals surface area contributed by atoms with Crippen molar-refractivity contribution in [1.82, 2.24) is 19.7 Å². The first kappa shape index (κ1) is 19.0. The molecule has 1 aliphatic rings. The number of benzene rings is 2. The van der Waals surface area contributed by atoms with Crippen molar-refractivity contribution in [1.29, 1.82) is 0 Å². The molecular formula is C23H22ClN5O. The largest absolute Gasteiger partial charge is 0.357 e. The second-order valence-corrected chi connectivity index (χ2v) is 7.93. The number of hydrogen-bond donors (Lipinski definition) is 1. The molecule has 5 rings (SSSR count). The summed E-state index contributed by atoms with van der Waals surface area (Å²) in [4.78, 5) is 8.70. The van der Waals surface area contributed by atoms with Crippen molar-refractivity contribution in [2.75, 3.05) is 11.9 Å². The van der Waals surface area contributed by atoms with Gasteiger partial charge in [0.2, 0.25) is 5.28 Å². The Labute approximate surface area is 179 Å². The lowest BCUT2D eigenvalue weighted by Gasteiger charge is -2.22. The van der Waals surface area contributed by atoms with Gasteiger partial charge >= 0.3 is 0 Å². The molecule has 2 aromatic carbocycles. The van der Waals surface area contributed by atoms with E-state index in [4.69, 9.17) is 16.3 Å². The molecule has 1 aliphatic heterocycles. The number of ether oxygens (including phenoxy) is 1. The fraction of sp³-hybridized carbons (Fsp3) is 0.261. The number of aryl methyl sites for hydroxylation is 1. The van der Waals surface area contributed by atoms with E-state index in [0.717, 1.165) is 52.7 Å². The zero-order valence-corrected chi connectivity index (χ0v) is 17.4. The Morgan fingerprint density at radius 2 is 1.93 bits per heavy atom. The Morgan fingerprint density at radius 3 is 2.73 bits per heavy atom. The number of aromatic nitrogens is 4. The molecule has 0 saturated carbocycles. The van der Waals surface area contributed by atoms with Gasteiger partial charge in [0.15, 0.2) is 0 Å². The topological polar surface area (TPSA) is 64.9 Å². The van der Waals surface area contributed by atoms with E-state index >= 15 is 0 Å². The summed E-state index contributed by atoms with van der Waals surface area (Å²) in [5, 5.41) is 9.04. The maximum Gasteiger partial charge on any atom is 0.224 e. The molecule has 7 heteroatoms. The van der Waals surface area contributed by atoms with Gasteiger partial charge in [-0.1, -0.05) is 23.8 Å². The maximum absolute atomic E-state index is 6.12. The fourth-order valence-corrected chi connectivity index (χ4v) is 3.94.